The zero-order valence-corrected chi connectivity index (χ0v) is 13.7. The zero-order valence-electron chi connectivity index (χ0n) is 11.4. The first-order valence-corrected chi connectivity index (χ1v) is 7.57. The van der Waals surface area contributed by atoms with Crippen LogP contribution >= 0.6 is 34.8 Å². The summed E-state index contributed by atoms with van der Waals surface area (Å²) in [5.41, 5.74) is 0.537. The van der Waals surface area contributed by atoms with E-state index in [1.54, 1.807) is 18.2 Å². The molecule has 0 aliphatic rings. The van der Waals surface area contributed by atoms with Gasteiger partial charge < -0.3 is 4.57 Å². The highest BCUT2D eigenvalue weighted by atomic mass is 35.5. The van der Waals surface area contributed by atoms with Crippen molar-refractivity contribution in [1.29, 1.82) is 0 Å². The topological polar surface area (TPSA) is 30.7 Å². The van der Waals surface area contributed by atoms with Gasteiger partial charge in [0.15, 0.2) is 5.82 Å². The van der Waals surface area contributed by atoms with Crippen molar-refractivity contribution < 1.29 is 8.78 Å². The lowest BCUT2D eigenvalue weighted by atomic mass is 10.1. The van der Waals surface area contributed by atoms with Crippen LogP contribution in [0.5, 0.6) is 0 Å². The predicted octanol–water partition coefficient (Wildman–Crippen LogP) is 5.23. The summed E-state index contributed by atoms with van der Waals surface area (Å²) in [6, 6.07) is 7.04. The molecule has 0 saturated heterocycles. The first kappa shape index (κ1) is 16.2. The van der Waals surface area contributed by atoms with Crippen LogP contribution in [0.4, 0.5) is 8.78 Å². The van der Waals surface area contributed by atoms with Crippen LogP contribution in [0.3, 0.4) is 0 Å². The van der Waals surface area contributed by atoms with Crippen molar-refractivity contribution in [2.75, 3.05) is 0 Å². The smallest absolute Gasteiger partial charge is 0.165 e. The van der Waals surface area contributed by atoms with E-state index >= 15 is 0 Å². The van der Waals surface area contributed by atoms with E-state index in [1.807, 2.05) is 0 Å². The normalized spacial score (nSPS) is 11.0. The summed E-state index contributed by atoms with van der Waals surface area (Å²) in [6.45, 7) is -0.0480. The van der Waals surface area contributed by atoms with Crippen LogP contribution in [-0.2, 0) is 6.54 Å². The first-order chi connectivity index (χ1) is 11.0. The highest BCUT2D eigenvalue weighted by Crippen LogP contribution is 2.33. The van der Waals surface area contributed by atoms with Crippen LogP contribution in [0.1, 0.15) is 5.56 Å². The van der Waals surface area contributed by atoms with Crippen molar-refractivity contribution >= 4 is 34.8 Å². The summed E-state index contributed by atoms with van der Waals surface area (Å²) in [6.07, 6.45) is 1.38. The maximum atomic E-state index is 13.9. The van der Waals surface area contributed by atoms with Crippen LogP contribution < -0.4 is 0 Å². The lowest BCUT2D eigenvalue weighted by molar-refractivity contribution is 0.578. The number of aromatic nitrogens is 3. The molecule has 3 rings (SSSR count). The lowest BCUT2D eigenvalue weighted by Crippen LogP contribution is -2.05. The summed E-state index contributed by atoms with van der Waals surface area (Å²) in [5.74, 6) is -0.941. The quantitative estimate of drug-likeness (QED) is 0.588. The molecule has 0 spiro atoms. The minimum Gasteiger partial charge on any atom is -0.309 e. The summed E-state index contributed by atoms with van der Waals surface area (Å²) in [4.78, 5) is 0. The Hall–Kier alpha value is -1.69. The molecule has 0 saturated carbocycles. The average molecular weight is 375 g/mol. The van der Waals surface area contributed by atoms with Crippen molar-refractivity contribution in [2.24, 2.45) is 0 Å². The molecular formula is C15H8Cl3F2N3. The van der Waals surface area contributed by atoms with Crippen LogP contribution in [0, 0.1) is 11.6 Å². The Balaban J connectivity index is 2.07. The molecule has 3 aromatic rings. The summed E-state index contributed by atoms with van der Waals surface area (Å²) >= 11 is 18.0. The van der Waals surface area contributed by atoms with Gasteiger partial charge in [-0.15, -0.1) is 10.2 Å². The van der Waals surface area contributed by atoms with Crippen LogP contribution in [0.15, 0.2) is 36.7 Å². The summed E-state index contributed by atoms with van der Waals surface area (Å²) in [5, 5.41) is 8.16. The Bertz CT molecular complexity index is 880. The van der Waals surface area contributed by atoms with Crippen molar-refractivity contribution in [1.82, 2.24) is 14.8 Å². The average Bonchev–Trinajstić information content (AvgIpc) is 2.98. The summed E-state index contributed by atoms with van der Waals surface area (Å²) in [7, 11) is 0. The molecule has 2 aromatic carbocycles. The second kappa shape index (κ2) is 6.43. The highest BCUT2D eigenvalue weighted by molar-refractivity contribution is 6.43. The number of rotatable bonds is 3. The van der Waals surface area contributed by atoms with E-state index in [9.17, 15) is 8.78 Å². The second-order valence-electron chi connectivity index (χ2n) is 4.71. The molecule has 0 aliphatic carbocycles. The highest BCUT2D eigenvalue weighted by Gasteiger charge is 2.17. The van der Waals surface area contributed by atoms with E-state index in [2.05, 4.69) is 10.2 Å². The Morgan fingerprint density at radius 2 is 1.70 bits per heavy atom. The van der Waals surface area contributed by atoms with Gasteiger partial charge in [-0.3, -0.25) is 0 Å². The third-order valence-corrected chi connectivity index (χ3v) is 4.50. The molecule has 0 radical (unpaired) electrons. The number of benzene rings is 2. The molecule has 1 aromatic heterocycles. The molecule has 0 N–H and O–H groups in total. The molecule has 1 heterocycles. The van der Waals surface area contributed by atoms with Gasteiger partial charge in [0.05, 0.1) is 21.6 Å². The maximum absolute atomic E-state index is 13.9. The molecule has 0 aliphatic heterocycles. The van der Waals surface area contributed by atoms with E-state index in [0.29, 0.717) is 21.4 Å². The number of halogens is 5. The van der Waals surface area contributed by atoms with Gasteiger partial charge in [-0.2, -0.15) is 0 Å². The number of nitrogens with zero attached hydrogens (tertiary/aromatic N) is 3. The fourth-order valence-electron chi connectivity index (χ4n) is 2.14. The van der Waals surface area contributed by atoms with Crippen molar-refractivity contribution in [3.63, 3.8) is 0 Å². The minimum atomic E-state index is -0.696. The Morgan fingerprint density at radius 3 is 2.48 bits per heavy atom. The molecule has 118 valence electrons. The Morgan fingerprint density at radius 1 is 0.957 bits per heavy atom. The Kier molecular flexibility index (Phi) is 4.53. The van der Waals surface area contributed by atoms with E-state index < -0.39 is 11.6 Å². The van der Waals surface area contributed by atoms with Crippen molar-refractivity contribution in [3.05, 3.63) is 68.9 Å². The molecule has 0 atom stereocenters. The molecular weight excluding hydrogens is 367 g/mol. The zero-order chi connectivity index (χ0) is 16.6. The van der Waals surface area contributed by atoms with E-state index in [-0.39, 0.29) is 17.1 Å². The third-order valence-electron chi connectivity index (χ3n) is 3.28. The number of hydrogen-bond acceptors (Lipinski definition) is 2. The van der Waals surface area contributed by atoms with Crippen LogP contribution in [-0.4, -0.2) is 14.8 Å². The second-order valence-corrected chi connectivity index (χ2v) is 5.87. The molecule has 0 unspecified atom stereocenters. The maximum Gasteiger partial charge on any atom is 0.165 e. The summed E-state index contributed by atoms with van der Waals surface area (Å²) < 4.78 is 29.0. The molecule has 0 bridgehead atoms. The molecule has 0 amide bonds. The van der Waals surface area contributed by atoms with Gasteiger partial charge in [-0.1, -0.05) is 40.9 Å². The SMILES string of the molecule is Fc1ccc(F)c(Cn2cnnc2-c2cccc(Cl)c2Cl)c1Cl. The fraction of sp³-hybridized carbons (Fsp3) is 0.0667. The van der Waals surface area contributed by atoms with E-state index in [1.165, 1.54) is 10.9 Å². The third kappa shape index (κ3) is 3.04. The van der Waals surface area contributed by atoms with Gasteiger partial charge in [-0.25, -0.2) is 8.78 Å². The fourth-order valence-corrected chi connectivity index (χ4v) is 2.74. The van der Waals surface area contributed by atoms with Gasteiger partial charge in [0.2, 0.25) is 0 Å². The first-order valence-electron chi connectivity index (χ1n) is 6.43. The van der Waals surface area contributed by atoms with Crippen molar-refractivity contribution in [2.45, 2.75) is 6.54 Å². The van der Waals surface area contributed by atoms with E-state index in [0.717, 1.165) is 12.1 Å². The van der Waals surface area contributed by atoms with Gasteiger partial charge in [0.1, 0.15) is 18.0 Å². The molecule has 3 nitrogen and oxygen atoms in total. The Labute approximate surface area is 145 Å². The predicted molar refractivity (Wildman–Crippen MR) is 85.9 cm³/mol. The van der Waals surface area contributed by atoms with Crippen LogP contribution in [0.2, 0.25) is 15.1 Å². The van der Waals surface area contributed by atoms with Crippen molar-refractivity contribution in [3.8, 4) is 11.4 Å². The van der Waals surface area contributed by atoms with Gasteiger partial charge >= 0.3 is 0 Å². The molecule has 23 heavy (non-hydrogen) atoms. The number of hydrogen-bond donors (Lipinski definition) is 0. The molecule has 8 heteroatoms. The van der Waals surface area contributed by atoms with E-state index in [4.69, 9.17) is 34.8 Å². The van der Waals surface area contributed by atoms with Gasteiger partial charge in [0, 0.05) is 11.1 Å². The lowest BCUT2D eigenvalue weighted by Gasteiger charge is -2.11. The van der Waals surface area contributed by atoms with Crippen LogP contribution in [0.25, 0.3) is 11.4 Å². The minimum absolute atomic E-state index is 0.00543. The monoisotopic (exact) mass is 373 g/mol. The largest absolute Gasteiger partial charge is 0.309 e. The van der Waals surface area contributed by atoms with Gasteiger partial charge in [-0.05, 0) is 24.3 Å². The van der Waals surface area contributed by atoms with Gasteiger partial charge in [0.25, 0.3) is 0 Å². The standard InChI is InChI=1S/C15H8Cl3F2N3/c16-10-3-1-2-8(13(10)17)15-22-21-7-23(15)6-9-11(19)4-5-12(20)14(9)18/h1-5,7H,6H2. The molecule has 0 fully saturated rings.